The average Bonchev–Trinajstić information content (AvgIpc) is 3.43. The molecule has 2 fully saturated rings. The van der Waals surface area contributed by atoms with Crippen LogP contribution < -0.4 is 10.1 Å². The number of piperidine rings is 1. The molecule has 0 radical (unpaired) electrons. The van der Waals surface area contributed by atoms with Crippen LogP contribution in [0.2, 0.25) is 0 Å². The van der Waals surface area contributed by atoms with Gasteiger partial charge < -0.3 is 19.7 Å². The van der Waals surface area contributed by atoms with Gasteiger partial charge in [-0.15, -0.1) is 11.3 Å². The number of likely N-dealkylation sites (tertiary alicyclic amines) is 1. The van der Waals surface area contributed by atoms with Crippen molar-refractivity contribution in [1.29, 1.82) is 0 Å². The van der Waals surface area contributed by atoms with Crippen molar-refractivity contribution in [1.82, 2.24) is 15.2 Å². The van der Waals surface area contributed by atoms with Gasteiger partial charge in [0, 0.05) is 19.6 Å². The van der Waals surface area contributed by atoms with Crippen LogP contribution in [0.3, 0.4) is 0 Å². The number of aromatic nitrogens is 1. The number of nitrogens with zero attached hydrogens (tertiary/aromatic N) is 2. The summed E-state index contributed by atoms with van der Waals surface area (Å²) in [6.45, 7) is 4.10. The van der Waals surface area contributed by atoms with Crippen molar-refractivity contribution in [2.45, 2.75) is 37.6 Å². The molecular weight excluding hydrogens is 394 g/mol. The molecule has 0 bridgehead atoms. The molecule has 0 amide bonds. The lowest BCUT2D eigenvalue weighted by atomic mass is 10.1. The standard InChI is InChI=1S/C24H29N3O2S/c1-27-13-10-18(11-14-27)29-23(24-26-21-7-2-3-8-22(21)30-24)17-5-4-6-19(15-17)28-20-9-12-25-16-20/h2-8,15,18,20,23,25H,9-14,16H2,1H3. The summed E-state index contributed by atoms with van der Waals surface area (Å²) in [6.07, 6.45) is 3.50. The lowest BCUT2D eigenvalue weighted by molar-refractivity contribution is -0.0235. The Labute approximate surface area is 182 Å². The highest BCUT2D eigenvalue weighted by Gasteiger charge is 2.26. The zero-order valence-electron chi connectivity index (χ0n) is 17.4. The second-order valence-corrected chi connectivity index (χ2v) is 9.41. The molecule has 1 aromatic heterocycles. The smallest absolute Gasteiger partial charge is 0.135 e. The Morgan fingerprint density at radius 1 is 1.07 bits per heavy atom. The number of ether oxygens (including phenoxy) is 2. The van der Waals surface area contributed by atoms with Gasteiger partial charge in [0.1, 0.15) is 23.0 Å². The number of hydrogen-bond donors (Lipinski definition) is 1. The van der Waals surface area contributed by atoms with Crippen LogP contribution in [0.4, 0.5) is 0 Å². The maximum atomic E-state index is 6.72. The molecule has 0 spiro atoms. The van der Waals surface area contributed by atoms with Crippen LogP contribution in [0.1, 0.15) is 35.9 Å². The van der Waals surface area contributed by atoms with Gasteiger partial charge in [-0.25, -0.2) is 4.98 Å². The summed E-state index contributed by atoms with van der Waals surface area (Å²) in [5.74, 6) is 0.916. The van der Waals surface area contributed by atoms with E-state index in [2.05, 4.69) is 53.7 Å². The van der Waals surface area contributed by atoms with Gasteiger partial charge in [-0.1, -0.05) is 24.3 Å². The van der Waals surface area contributed by atoms with Gasteiger partial charge in [-0.3, -0.25) is 0 Å². The summed E-state index contributed by atoms with van der Waals surface area (Å²) in [5.41, 5.74) is 2.16. The molecule has 2 aromatic carbocycles. The van der Waals surface area contributed by atoms with E-state index in [1.807, 2.05) is 12.1 Å². The lowest BCUT2D eigenvalue weighted by Crippen LogP contribution is -2.35. The van der Waals surface area contributed by atoms with E-state index in [4.69, 9.17) is 14.5 Å². The number of thiazole rings is 1. The van der Waals surface area contributed by atoms with E-state index in [0.717, 1.165) is 67.3 Å². The molecule has 0 saturated carbocycles. The maximum absolute atomic E-state index is 6.72. The Morgan fingerprint density at radius 3 is 2.73 bits per heavy atom. The summed E-state index contributed by atoms with van der Waals surface area (Å²) < 4.78 is 14.1. The highest BCUT2D eigenvalue weighted by molar-refractivity contribution is 7.18. The third kappa shape index (κ3) is 4.52. The lowest BCUT2D eigenvalue weighted by Gasteiger charge is -2.31. The SMILES string of the molecule is CN1CCC(OC(c2cccc(OC3CCNC3)c2)c2nc3ccccc3s2)CC1. The van der Waals surface area contributed by atoms with Gasteiger partial charge >= 0.3 is 0 Å². The zero-order valence-corrected chi connectivity index (χ0v) is 18.2. The minimum atomic E-state index is -0.166. The molecule has 5 nitrogen and oxygen atoms in total. The van der Waals surface area contributed by atoms with Gasteiger partial charge in [0.25, 0.3) is 0 Å². The molecule has 1 N–H and O–H groups in total. The molecule has 30 heavy (non-hydrogen) atoms. The summed E-state index contributed by atoms with van der Waals surface area (Å²) in [5, 5.41) is 4.39. The molecule has 2 atom stereocenters. The van der Waals surface area contributed by atoms with Crippen molar-refractivity contribution in [3.63, 3.8) is 0 Å². The molecule has 2 saturated heterocycles. The first-order valence-electron chi connectivity index (χ1n) is 10.9. The molecule has 6 heteroatoms. The summed E-state index contributed by atoms with van der Waals surface area (Å²) in [6, 6.07) is 16.7. The van der Waals surface area contributed by atoms with Crippen LogP contribution >= 0.6 is 11.3 Å². The molecule has 3 heterocycles. The fraction of sp³-hybridized carbons (Fsp3) is 0.458. The van der Waals surface area contributed by atoms with Crippen LogP contribution in [0.25, 0.3) is 10.2 Å². The van der Waals surface area contributed by atoms with Crippen molar-refractivity contribution < 1.29 is 9.47 Å². The van der Waals surface area contributed by atoms with Crippen molar-refractivity contribution >= 4 is 21.6 Å². The summed E-state index contributed by atoms with van der Waals surface area (Å²) in [7, 11) is 2.18. The topological polar surface area (TPSA) is 46.6 Å². The molecule has 2 aliphatic rings. The van der Waals surface area contributed by atoms with Crippen molar-refractivity contribution in [2.24, 2.45) is 0 Å². The molecular formula is C24H29N3O2S. The normalized spacial score (nSPS) is 21.8. The predicted molar refractivity (Wildman–Crippen MR) is 121 cm³/mol. The third-order valence-electron chi connectivity index (χ3n) is 6.01. The Bertz CT molecular complexity index is 944. The molecule has 2 aliphatic heterocycles. The van der Waals surface area contributed by atoms with Crippen LogP contribution in [-0.2, 0) is 4.74 Å². The molecule has 0 aliphatic carbocycles. The zero-order chi connectivity index (χ0) is 20.3. The summed E-state index contributed by atoms with van der Waals surface area (Å²) >= 11 is 1.73. The highest BCUT2D eigenvalue weighted by Crippen LogP contribution is 2.36. The quantitative estimate of drug-likeness (QED) is 0.643. The third-order valence-corrected chi connectivity index (χ3v) is 7.09. The van der Waals surface area contributed by atoms with E-state index in [1.54, 1.807) is 11.3 Å². The van der Waals surface area contributed by atoms with E-state index in [9.17, 15) is 0 Å². The number of nitrogens with one attached hydrogen (secondary N) is 1. The number of fused-ring (bicyclic) bond motifs is 1. The van der Waals surface area contributed by atoms with Crippen molar-refractivity contribution in [2.75, 3.05) is 33.2 Å². The Hall–Kier alpha value is -1.99. The first-order chi connectivity index (χ1) is 14.7. The van der Waals surface area contributed by atoms with Crippen molar-refractivity contribution in [3.05, 3.63) is 59.1 Å². The van der Waals surface area contributed by atoms with Gasteiger partial charge in [-0.2, -0.15) is 0 Å². The molecule has 5 rings (SSSR count). The van der Waals surface area contributed by atoms with E-state index in [0.29, 0.717) is 0 Å². The Kier molecular flexibility index (Phi) is 6.00. The number of rotatable bonds is 6. The predicted octanol–water partition coefficient (Wildman–Crippen LogP) is 4.24. The number of para-hydroxylation sites is 1. The van der Waals surface area contributed by atoms with Gasteiger partial charge in [-0.05, 0) is 62.7 Å². The minimum Gasteiger partial charge on any atom is -0.489 e. The van der Waals surface area contributed by atoms with Crippen LogP contribution in [0, 0.1) is 0 Å². The molecule has 158 valence electrons. The largest absolute Gasteiger partial charge is 0.489 e. The van der Waals surface area contributed by atoms with Gasteiger partial charge in [0.2, 0.25) is 0 Å². The van der Waals surface area contributed by atoms with E-state index < -0.39 is 0 Å². The molecule has 2 unspecified atom stereocenters. The maximum Gasteiger partial charge on any atom is 0.135 e. The van der Waals surface area contributed by atoms with Crippen LogP contribution in [0.5, 0.6) is 5.75 Å². The first kappa shape index (κ1) is 19.9. The fourth-order valence-electron chi connectivity index (χ4n) is 4.27. The first-order valence-corrected chi connectivity index (χ1v) is 11.7. The van der Waals surface area contributed by atoms with Crippen LogP contribution in [-0.4, -0.2) is 55.3 Å². The second-order valence-electron chi connectivity index (χ2n) is 8.34. The minimum absolute atomic E-state index is 0.166. The number of hydrogen-bond acceptors (Lipinski definition) is 6. The van der Waals surface area contributed by atoms with E-state index in [-0.39, 0.29) is 18.3 Å². The Balaban J connectivity index is 1.44. The van der Waals surface area contributed by atoms with E-state index >= 15 is 0 Å². The number of benzene rings is 2. The molecule has 3 aromatic rings. The van der Waals surface area contributed by atoms with Gasteiger partial charge in [0.15, 0.2) is 0 Å². The van der Waals surface area contributed by atoms with Gasteiger partial charge in [0.05, 0.1) is 16.3 Å². The average molecular weight is 424 g/mol. The Morgan fingerprint density at radius 2 is 1.93 bits per heavy atom. The van der Waals surface area contributed by atoms with Crippen LogP contribution in [0.15, 0.2) is 48.5 Å². The monoisotopic (exact) mass is 423 g/mol. The highest BCUT2D eigenvalue weighted by atomic mass is 32.1. The van der Waals surface area contributed by atoms with E-state index in [1.165, 1.54) is 4.70 Å². The second kappa shape index (κ2) is 9.02. The summed E-state index contributed by atoms with van der Waals surface area (Å²) in [4.78, 5) is 7.31. The van der Waals surface area contributed by atoms with Crippen molar-refractivity contribution in [3.8, 4) is 5.75 Å². The fourth-order valence-corrected chi connectivity index (χ4v) is 5.30.